The van der Waals surface area contributed by atoms with Crippen LogP contribution in [-0.2, 0) is 20.8 Å². The van der Waals surface area contributed by atoms with E-state index in [0.717, 1.165) is 13.4 Å². The minimum absolute atomic E-state index is 0.122. The van der Waals surface area contributed by atoms with Gasteiger partial charge in [-0.1, -0.05) is 30.3 Å². The van der Waals surface area contributed by atoms with Gasteiger partial charge in [0.1, 0.15) is 11.4 Å². The van der Waals surface area contributed by atoms with Gasteiger partial charge in [-0.05, 0) is 42.0 Å². The van der Waals surface area contributed by atoms with Crippen molar-refractivity contribution in [1.29, 1.82) is 0 Å². The first-order chi connectivity index (χ1) is 18.8. The van der Waals surface area contributed by atoms with Crippen LogP contribution in [0.25, 0.3) is 16.8 Å². The normalized spacial score (nSPS) is 11.7. The first-order valence-corrected chi connectivity index (χ1v) is 13.4. The number of alkyl halides is 3. The fourth-order valence-electron chi connectivity index (χ4n) is 3.92. The zero-order chi connectivity index (χ0) is 29.2. The molecule has 0 aliphatic rings. The molecule has 1 aromatic heterocycles. The number of nitrogens with one attached hydrogen (secondary N) is 1. The number of esters is 1. The molecule has 0 radical (unpaired) electrons. The van der Waals surface area contributed by atoms with Crippen molar-refractivity contribution in [3.63, 3.8) is 0 Å². The first-order valence-electron chi connectivity index (χ1n) is 11.5. The molecule has 0 atom stereocenters. The second kappa shape index (κ2) is 10.8. The van der Waals surface area contributed by atoms with Gasteiger partial charge in [-0.2, -0.15) is 18.3 Å². The van der Waals surface area contributed by atoms with Crippen LogP contribution in [0.4, 0.5) is 18.9 Å². The van der Waals surface area contributed by atoms with Crippen molar-refractivity contribution in [2.75, 3.05) is 25.8 Å². The summed E-state index contributed by atoms with van der Waals surface area (Å²) in [7, 11) is -1.07. The van der Waals surface area contributed by atoms with Gasteiger partial charge in [0, 0.05) is 23.6 Å². The molecule has 0 saturated carbocycles. The molecule has 0 unspecified atom stereocenters. The molecular formula is C27H22F3N3O6S. The lowest BCUT2D eigenvalue weighted by molar-refractivity contribution is -0.141. The summed E-state index contributed by atoms with van der Waals surface area (Å²) in [4.78, 5) is 25.7. The number of carbonyl (C=O) groups is 2. The highest BCUT2D eigenvalue weighted by Gasteiger charge is 2.36. The third-order valence-electron chi connectivity index (χ3n) is 5.81. The van der Waals surface area contributed by atoms with Gasteiger partial charge in [-0.3, -0.25) is 4.79 Å². The average molecular weight is 574 g/mol. The monoisotopic (exact) mass is 573 g/mol. The molecule has 4 rings (SSSR count). The summed E-state index contributed by atoms with van der Waals surface area (Å²) in [6, 6.07) is 17.0. The van der Waals surface area contributed by atoms with Crippen LogP contribution in [0.5, 0.6) is 5.75 Å². The van der Waals surface area contributed by atoms with E-state index in [1.807, 2.05) is 0 Å². The summed E-state index contributed by atoms with van der Waals surface area (Å²) in [6.45, 7) is 0. The fraction of sp³-hybridized carbons (Fsp3) is 0.148. The number of carbonyl (C=O) groups excluding carboxylic acids is 2. The van der Waals surface area contributed by atoms with E-state index in [1.165, 1.54) is 43.5 Å². The SMILES string of the molecule is COC(=O)c1cc(OC)ccc1-n1nc(C(F)(F)F)cc1C(=O)Nc1ccc(-c2ccccc2S(C)(=O)=O)cc1. The number of methoxy groups -OCH3 is 2. The van der Waals surface area contributed by atoms with Crippen molar-refractivity contribution in [2.24, 2.45) is 0 Å². The van der Waals surface area contributed by atoms with Crippen molar-refractivity contribution < 1.29 is 40.7 Å². The summed E-state index contributed by atoms with van der Waals surface area (Å²) in [5, 5.41) is 6.07. The van der Waals surface area contributed by atoms with Crippen molar-refractivity contribution in [3.8, 4) is 22.6 Å². The Morgan fingerprint density at radius 2 is 1.62 bits per heavy atom. The average Bonchev–Trinajstić information content (AvgIpc) is 3.38. The topological polar surface area (TPSA) is 117 Å². The Morgan fingerprint density at radius 1 is 0.950 bits per heavy atom. The van der Waals surface area contributed by atoms with E-state index in [1.54, 1.807) is 30.3 Å². The Balaban J connectivity index is 1.73. The number of rotatable bonds is 7. The number of amides is 1. The number of ether oxygens (including phenoxy) is 2. The van der Waals surface area contributed by atoms with E-state index in [9.17, 15) is 31.2 Å². The molecule has 4 aromatic rings. The molecule has 0 bridgehead atoms. The number of hydrogen-bond acceptors (Lipinski definition) is 7. The smallest absolute Gasteiger partial charge is 0.435 e. The second-order valence-corrected chi connectivity index (χ2v) is 10.5. The Morgan fingerprint density at radius 3 is 2.23 bits per heavy atom. The summed E-state index contributed by atoms with van der Waals surface area (Å²) >= 11 is 0. The molecule has 208 valence electrons. The number of halogens is 3. The predicted octanol–water partition coefficient (Wildman–Crippen LogP) is 5.01. The maximum absolute atomic E-state index is 13.6. The maximum atomic E-state index is 13.6. The lowest BCUT2D eigenvalue weighted by Gasteiger charge is -2.13. The van der Waals surface area contributed by atoms with Gasteiger partial charge in [0.15, 0.2) is 15.5 Å². The standard InChI is InChI=1S/C27H22F3N3O6S/c1-38-18-12-13-21(20(14-18)26(35)39-2)33-22(15-24(32-33)27(28,29)30)25(34)31-17-10-8-16(9-11-17)19-6-4-5-7-23(19)40(3,36)37/h4-15H,1-3H3,(H,31,34). The van der Waals surface area contributed by atoms with Gasteiger partial charge in [-0.25, -0.2) is 17.9 Å². The van der Waals surface area contributed by atoms with E-state index in [0.29, 0.717) is 21.9 Å². The van der Waals surface area contributed by atoms with Crippen molar-refractivity contribution in [3.05, 3.63) is 89.7 Å². The Kier molecular flexibility index (Phi) is 7.69. The van der Waals surface area contributed by atoms with Crippen LogP contribution in [0.1, 0.15) is 26.5 Å². The third-order valence-corrected chi connectivity index (χ3v) is 6.96. The van der Waals surface area contributed by atoms with Gasteiger partial charge in [0.25, 0.3) is 5.91 Å². The summed E-state index contributed by atoms with van der Waals surface area (Å²) in [5.41, 5.74) is -0.960. The number of hydrogen-bond donors (Lipinski definition) is 1. The molecule has 40 heavy (non-hydrogen) atoms. The Hall–Kier alpha value is -4.65. The number of aromatic nitrogens is 2. The van der Waals surface area contributed by atoms with E-state index in [-0.39, 0.29) is 27.6 Å². The van der Waals surface area contributed by atoms with Crippen LogP contribution in [0.3, 0.4) is 0 Å². The van der Waals surface area contributed by atoms with E-state index in [2.05, 4.69) is 10.4 Å². The van der Waals surface area contributed by atoms with E-state index in [4.69, 9.17) is 9.47 Å². The summed E-state index contributed by atoms with van der Waals surface area (Å²) < 4.78 is 75.6. The molecule has 0 fully saturated rings. The maximum Gasteiger partial charge on any atom is 0.435 e. The Bertz CT molecular complexity index is 1700. The quantitative estimate of drug-likeness (QED) is 0.309. The molecule has 9 nitrogen and oxygen atoms in total. The second-order valence-electron chi connectivity index (χ2n) is 8.50. The highest BCUT2D eigenvalue weighted by atomic mass is 32.2. The minimum Gasteiger partial charge on any atom is -0.497 e. The summed E-state index contributed by atoms with van der Waals surface area (Å²) in [6.07, 6.45) is -3.79. The lowest BCUT2D eigenvalue weighted by atomic mass is 10.1. The third kappa shape index (κ3) is 5.83. The number of anilines is 1. The van der Waals surface area contributed by atoms with Crippen LogP contribution in [0.2, 0.25) is 0 Å². The lowest BCUT2D eigenvalue weighted by Crippen LogP contribution is -2.19. The highest BCUT2D eigenvalue weighted by molar-refractivity contribution is 7.90. The molecule has 3 aromatic carbocycles. The zero-order valence-electron chi connectivity index (χ0n) is 21.3. The van der Waals surface area contributed by atoms with Crippen LogP contribution in [0.15, 0.2) is 77.7 Å². The molecule has 0 saturated heterocycles. The van der Waals surface area contributed by atoms with Gasteiger partial charge >= 0.3 is 12.1 Å². The first kappa shape index (κ1) is 28.4. The molecule has 0 spiro atoms. The van der Waals surface area contributed by atoms with Gasteiger partial charge in [0.05, 0.1) is 30.4 Å². The number of sulfone groups is 1. The Labute approximate surface area is 227 Å². The molecule has 0 aliphatic carbocycles. The van der Waals surface area contributed by atoms with E-state index >= 15 is 0 Å². The largest absolute Gasteiger partial charge is 0.497 e. The highest BCUT2D eigenvalue weighted by Crippen LogP contribution is 2.32. The van der Waals surface area contributed by atoms with Crippen LogP contribution in [0, 0.1) is 0 Å². The van der Waals surface area contributed by atoms with Gasteiger partial charge < -0.3 is 14.8 Å². The van der Waals surface area contributed by atoms with Gasteiger partial charge in [0.2, 0.25) is 0 Å². The molecule has 1 amide bonds. The molecular weight excluding hydrogens is 551 g/mol. The van der Waals surface area contributed by atoms with Crippen LogP contribution >= 0.6 is 0 Å². The molecule has 1 N–H and O–H groups in total. The van der Waals surface area contributed by atoms with Crippen LogP contribution in [-0.4, -0.2) is 50.6 Å². The minimum atomic E-state index is -4.88. The van der Waals surface area contributed by atoms with E-state index < -0.39 is 39.3 Å². The zero-order valence-corrected chi connectivity index (χ0v) is 22.1. The van der Waals surface area contributed by atoms with Gasteiger partial charge in [-0.15, -0.1) is 0 Å². The van der Waals surface area contributed by atoms with Crippen molar-refractivity contribution >= 4 is 27.4 Å². The summed E-state index contributed by atoms with van der Waals surface area (Å²) in [5.74, 6) is -1.59. The fourth-order valence-corrected chi connectivity index (χ4v) is 4.83. The van der Waals surface area contributed by atoms with Crippen LogP contribution < -0.4 is 10.1 Å². The number of nitrogens with zero attached hydrogens (tertiary/aromatic N) is 2. The number of benzene rings is 3. The van der Waals surface area contributed by atoms with Crippen molar-refractivity contribution in [1.82, 2.24) is 9.78 Å². The molecule has 0 aliphatic heterocycles. The molecule has 1 heterocycles. The molecule has 13 heteroatoms. The van der Waals surface area contributed by atoms with Crippen molar-refractivity contribution in [2.45, 2.75) is 11.1 Å². The predicted molar refractivity (Wildman–Crippen MR) is 139 cm³/mol.